The van der Waals surface area contributed by atoms with Gasteiger partial charge in [0.05, 0.1) is 0 Å². The van der Waals surface area contributed by atoms with Gasteiger partial charge >= 0.3 is 0 Å². The van der Waals surface area contributed by atoms with Crippen LogP contribution in [-0.4, -0.2) is 47.9 Å². The van der Waals surface area contributed by atoms with Crippen molar-refractivity contribution in [1.29, 1.82) is 0 Å². The highest BCUT2D eigenvalue weighted by atomic mass is 16.1. The molecule has 120 valence electrons. The number of hydrogen-bond acceptors (Lipinski definition) is 4. The van der Waals surface area contributed by atoms with E-state index >= 15 is 0 Å². The second-order valence-corrected chi connectivity index (χ2v) is 6.22. The molecule has 0 unspecified atom stereocenters. The molecule has 23 heavy (non-hydrogen) atoms. The Morgan fingerprint density at radius 1 is 0.957 bits per heavy atom. The number of hydrogen-bond donors (Lipinski definition) is 0. The summed E-state index contributed by atoms with van der Waals surface area (Å²) in [7, 11) is 0. The molecule has 0 atom stereocenters. The molecule has 1 aromatic heterocycles. The van der Waals surface area contributed by atoms with Crippen molar-refractivity contribution < 1.29 is 4.79 Å². The zero-order chi connectivity index (χ0) is 16.2. The molecule has 1 saturated heterocycles. The average molecular weight is 309 g/mol. The highest BCUT2D eigenvalue weighted by Gasteiger charge is 2.20. The molecule has 1 aliphatic heterocycles. The summed E-state index contributed by atoms with van der Waals surface area (Å²) in [5.74, 6) is 0.979. The molecule has 0 aliphatic carbocycles. The third-order valence-electron chi connectivity index (χ3n) is 4.41. The Kier molecular flexibility index (Phi) is 4.72. The maximum Gasteiger partial charge on any atom is 0.194 e. The first-order chi connectivity index (χ1) is 11.1. The van der Waals surface area contributed by atoms with Crippen molar-refractivity contribution in [3.8, 4) is 0 Å². The predicted octanol–water partition coefficient (Wildman–Crippen LogP) is 2.84. The van der Waals surface area contributed by atoms with Crippen LogP contribution in [0, 0.1) is 0 Å². The lowest BCUT2D eigenvalue weighted by Gasteiger charge is -2.37. The van der Waals surface area contributed by atoms with E-state index in [1.165, 1.54) is 0 Å². The van der Waals surface area contributed by atoms with Crippen LogP contribution in [0.3, 0.4) is 0 Å². The van der Waals surface area contributed by atoms with E-state index in [1.807, 2.05) is 42.5 Å². The SMILES string of the molecule is CC(C)N1CCN(c2ccc(C(=O)c3ccccc3)cn2)CC1. The van der Waals surface area contributed by atoms with Crippen LogP contribution in [0.5, 0.6) is 0 Å². The van der Waals surface area contributed by atoms with Gasteiger partial charge in [-0.3, -0.25) is 9.69 Å². The van der Waals surface area contributed by atoms with Crippen LogP contribution < -0.4 is 4.90 Å². The van der Waals surface area contributed by atoms with Crippen molar-refractivity contribution in [3.05, 3.63) is 59.8 Å². The summed E-state index contributed by atoms with van der Waals surface area (Å²) >= 11 is 0. The third kappa shape index (κ3) is 3.59. The first kappa shape index (κ1) is 15.7. The van der Waals surface area contributed by atoms with Gasteiger partial charge in [-0.25, -0.2) is 4.98 Å². The lowest BCUT2D eigenvalue weighted by Crippen LogP contribution is -2.49. The first-order valence-corrected chi connectivity index (χ1v) is 8.20. The Balaban J connectivity index is 1.67. The Bertz CT molecular complexity index is 644. The molecular weight excluding hydrogens is 286 g/mol. The third-order valence-corrected chi connectivity index (χ3v) is 4.41. The maximum atomic E-state index is 12.4. The van der Waals surface area contributed by atoms with Gasteiger partial charge in [0, 0.05) is 49.5 Å². The summed E-state index contributed by atoms with van der Waals surface area (Å²) < 4.78 is 0. The maximum absolute atomic E-state index is 12.4. The van der Waals surface area contributed by atoms with E-state index in [4.69, 9.17) is 0 Å². The molecule has 1 aliphatic rings. The Hall–Kier alpha value is -2.20. The molecule has 0 spiro atoms. The topological polar surface area (TPSA) is 36.4 Å². The molecule has 4 nitrogen and oxygen atoms in total. The van der Waals surface area contributed by atoms with Gasteiger partial charge in [-0.2, -0.15) is 0 Å². The molecule has 0 amide bonds. The standard InChI is InChI=1S/C19H23N3O/c1-15(2)21-10-12-22(13-11-21)18-9-8-17(14-20-18)19(23)16-6-4-3-5-7-16/h3-9,14-15H,10-13H2,1-2H3. The van der Waals surface area contributed by atoms with E-state index in [1.54, 1.807) is 6.20 Å². The van der Waals surface area contributed by atoms with E-state index in [2.05, 4.69) is 28.6 Å². The van der Waals surface area contributed by atoms with Gasteiger partial charge in [-0.05, 0) is 26.0 Å². The van der Waals surface area contributed by atoms with Crippen LogP contribution in [-0.2, 0) is 0 Å². The van der Waals surface area contributed by atoms with E-state index in [-0.39, 0.29) is 5.78 Å². The van der Waals surface area contributed by atoms with Crippen LogP contribution in [0.4, 0.5) is 5.82 Å². The fourth-order valence-corrected chi connectivity index (χ4v) is 2.93. The van der Waals surface area contributed by atoms with E-state index in [9.17, 15) is 4.79 Å². The number of ketones is 1. The van der Waals surface area contributed by atoms with Crippen LogP contribution in [0.1, 0.15) is 29.8 Å². The van der Waals surface area contributed by atoms with Crippen molar-refractivity contribution in [1.82, 2.24) is 9.88 Å². The summed E-state index contributed by atoms with van der Waals surface area (Å²) in [6, 6.07) is 13.8. The first-order valence-electron chi connectivity index (χ1n) is 8.20. The fraction of sp³-hybridized carbons (Fsp3) is 0.368. The van der Waals surface area contributed by atoms with Gasteiger partial charge in [0.15, 0.2) is 5.78 Å². The van der Waals surface area contributed by atoms with Gasteiger partial charge in [0.1, 0.15) is 5.82 Å². The molecule has 2 heterocycles. The lowest BCUT2D eigenvalue weighted by molar-refractivity contribution is 0.103. The number of rotatable bonds is 4. The Labute approximate surface area is 137 Å². The summed E-state index contributed by atoms with van der Waals surface area (Å²) in [5, 5.41) is 0. The van der Waals surface area contributed by atoms with E-state index in [0.717, 1.165) is 32.0 Å². The zero-order valence-corrected chi connectivity index (χ0v) is 13.8. The largest absolute Gasteiger partial charge is 0.354 e. The van der Waals surface area contributed by atoms with Gasteiger partial charge in [0.2, 0.25) is 0 Å². The van der Waals surface area contributed by atoms with E-state index < -0.39 is 0 Å². The molecule has 0 saturated carbocycles. The number of pyridine rings is 1. The molecule has 1 fully saturated rings. The molecule has 0 N–H and O–H groups in total. The van der Waals surface area contributed by atoms with Gasteiger partial charge < -0.3 is 4.90 Å². The molecule has 0 bridgehead atoms. The van der Waals surface area contributed by atoms with Crippen LogP contribution in [0.2, 0.25) is 0 Å². The minimum Gasteiger partial charge on any atom is -0.354 e. The lowest BCUT2D eigenvalue weighted by atomic mass is 10.1. The Morgan fingerprint density at radius 2 is 1.65 bits per heavy atom. The molecule has 2 aromatic rings. The minimum atomic E-state index is 0.0225. The van der Waals surface area contributed by atoms with Crippen molar-refractivity contribution in [3.63, 3.8) is 0 Å². The van der Waals surface area contributed by atoms with Gasteiger partial charge in [0.25, 0.3) is 0 Å². The molecule has 1 aromatic carbocycles. The van der Waals surface area contributed by atoms with Crippen LogP contribution >= 0.6 is 0 Å². The summed E-state index contributed by atoms with van der Waals surface area (Å²) in [6.07, 6.45) is 1.69. The summed E-state index contributed by atoms with van der Waals surface area (Å²) in [5.41, 5.74) is 1.34. The molecular formula is C19H23N3O. The summed E-state index contributed by atoms with van der Waals surface area (Å²) in [4.78, 5) is 21.7. The van der Waals surface area contributed by atoms with E-state index in [0.29, 0.717) is 17.2 Å². The molecule has 3 rings (SSSR count). The monoisotopic (exact) mass is 309 g/mol. The molecule has 0 radical (unpaired) electrons. The fourth-order valence-electron chi connectivity index (χ4n) is 2.93. The van der Waals surface area contributed by atoms with Gasteiger partial charge in [-0.15, -0.1) is 0 Å². The number of nitrogens with zero attached hydrogens (tertiary/aromatic N) is 3. The Morgan fingerprint density at radius 3 is 2.22 bits per heavy atom. The highest BCUT2D eigenvalue weighted by Crippen LogP contribution is 2.16. The minimum absolute atomic E-state index is 0.0225. The quantitative estimate of drug-likeness (QED) is 0.814. The van der Waals surface area contributed by atoms with Crippen LogP contribution in [0.25, 0.3) is 0 Å². The number of carbonyl (C=O) groups is 1. The number of piperazine rings is 1. The van der Waals surface area contributed by atoms with Crippen molar-refractivity contribution in [2.75, 3.05) is 31.1 Å². The van der Waals surface area contributed by atoms with Crippen molar-refractivity contribution in [2.24, 2.45) is 0 Å². The molecule has 4 heteroatoms. The van der Waals surface area contributed by atoms with Crippen molar-refractivity contribution in [2.45, 2.75) is 19.9 Å². The highest BCUT2D eigenvalue weighted by molar-refractivity contribution is 6.08. The van der Waals surface area contributed by atoms with Crippen molar-refractivity contribution >= 4 is 11.6 Å². The second kappa shape index (κ2) is 6.92. The zero-order valence-electron chi connectivity index (χ0n) is 13.8. The second-order valence-electron chi connectivity index (χ2n) is 6.22. The van der Waals surface area contributed by atoms with Gasteiger partial charge in [-0.1, -0.05) is 30.3 Å². The number of anilines is 1. The normalized spacial score (nSPS) is 15.9. The number of benzene rings is 1. The average Bonchev–Trinajstić information content (AvgIpc) is 2.62. The number of aromatic nitrogens is 1. The number of carbonyl (C=O) groups excluding carboxylic acids is 1. The summed E-state index contributed by atoms with van der Waals surface area (Å²) in [6.45, 7) is 8.55. The predicted molar refractivity (Wildman–Crippen MR) is 93.0 cm³/mol. The van der Waals surface area contributed by atoms with Crippen LogP contribution in [0.15, 0.2) is 48.7 Å². The smallest absolute Gasteiger partial charge is 0.194 e.